The molecule has 1 N–H and O–H groups in total. The van der Waals surface area contributed by atoms with Crippen LogP contribution in [0.15, 0.2) is 12.1 Å². The maximum Gasteiger partial charge on any atom is 0.209 e. The molecule has 22 heavy (non-hydrogen) atoms. The molecular formula is C18H25NO3. The molecular weight excluding hydrogens is 278 g/mol. The summed E-state index contributed by atoms with van der Waals surface area (Å²) in [5.41, 5.74) is 3.19. The average Bonchev–Trinajstić information content (AvgIpc) is 2.37. The lowest BCUT2D eigenvalue weighted by Gasteiger charge is -2.59. The van der Waals surface area contributed by atoms with Crippen LogP contribution in [-0.2, 0) is 9.53 Å². The third-order valence-corrected chi connectivity index (χ3v) is 5.02. The molecule has 2 aliphatic rings. The molecule has 1 unspecified atom stereocenters. The summed E-state index contributed by atoms with van der Waals surface area (Å²) in [4.78, 5) is 12.6. The number of likely N-dealkylation sites (tertiary alicyclic amines) is 1. The van der Waals surface area contributed by atoms with Gasteiger partial charge in [-0.15, -0.1) is 0 Å². The van der Waals surface area contributed by atoms with Gasteiger partial charge < -0.3 is 14.7 Å². The van der Waals surface area contributed by atoms with E-state index in [1.54, 1.807) is 4.90 Å². The van der Waals surface area contributed by atoms with Gasteiger partial charge in [0.1, 0.15) is 5.75 Å². The Balaban J connectivity index is 1.96. The molecule has 4 heteroatoms. The average molecular weight is 303 g/mol. The molecule has 0 radical (unpaired) electrons. The van der Waals surface area contributed by atoms with Gasteiger partial charge in [0.05, 0.1) is 18.1 Å². The number of carbonyl (C=O) groups is 1. The van der Waals surface area contributed by atoms with Crippen LogP contribution in [0, 0.1) is 5.41 Å². The predicted molar refractivity (Wildman–Crippen MR) is 85.0 cm³/mol. The lowest BCUT2D eigenvalue weighted by atomic mass is 9.68. The van der Waals surface area contributed by atoms with E-state index in [9.17, 15) is 9.90 Å². The van der Waals surface area contributed by atoms with Crippen LogP contribution in [0.25, 0.3) is 0 Å². The Kier molecular flexibility index (Phi) is 3.68. The van der Waals surface area contributed by atoms with Crippen LogP contribution in [0.4, 0.5) is 0 Å². The van der Waals surface area contributed by atoms with Gasteiger partial charge in [0.2, 0.25) is 6.41 Å². The highest BCUT2D eigenvalue weighted by Gasteiger charge is 2.56. The number of phenolic OH excluding ortho intramolecular Hbond substituents is 1. The zero-order chi connectivity index (χ0) is 16.1. The van der Waals surface area contributed by atoms with Crippen molar-refractivity contribution in [1.82, 2.24) is 4.90 Å². The van der Waals surface area contributed by atoms with Crippen molar-refractivity contribution in [2.45, 2.75) is 45.6 Å². The van der Waals surface area contributed by atoms with Crippen molar-refractivity contribution >= 4 is 6.41 Å². The third-order valence-electron chi connectivity index (χ3n) is 5.02. The first-order valence-corrected chi connectivity index (χ1v) is 8.05. The van der Waals surface area contributed by atoms with Crippen molar-refractivity contribution in [1.29, 1.82) is 0 Å². The molecule has 0 aromatic heterocycles. The number of aromatic hydroxyl groups is 1. The van der Waals surface area contributed by atoms with Crippen molar-refractivity contribution in [3.05, 3.63) is 28.8 Å². The second-order valence-electron chi connectivity index (χ2n) is 7.42. The molecule has 0 bridgehead atoms. The first-order valence-electron chi connectivity index (χ1n) is 8.05. The fourth-order valence-electron chi connectivity index (χ4n) is 3.68. The summed E-state index contributed by atoms with van der Waals surface area (Å²) >= 11 is 0. The molecule has 1 spiro atoms. The van der Waals surface area contributed by atoms with Gasteiger partial charge in [-0.05, 0) is 40.7 Å². The molecule has 1 amide bonds. The third kappa shape index (κ3) is 2.21. The molecule has 1 aromatic rings. The van der Waals surface area contributed by atoms with Crippen LogP contribution in [0.1, 0.15) is 62.3 Å². The molecule has 4 nitrogen and oxygen atoms in total. The molecule has 1 atom stereocenters. The Morgan fingerprint density at radius 2 is 1.77 bits per heavy atom. The highest BCUT2D eigenvalue weighted by atomic mass is 16.5. The predicted octanol–water partition coefficient (Wildman–Crippen LogP) is 3.17. The van der Waals surface area contributed by atoms with Gasteiger partial charge in [-0.1, -0.05) is 27.7 Å². The SMILES string of the molecule is CC(C)c1cc(C2OCC23CN(C=O)C3)cc(C(C)C)c1O. The minimum atomic E-state index is 0.0410. The van der Waals surface area contributed by atoms with E-state index in [1.165, 1.54) is 0 Å². The summed E-state index contributed by atoms with van der Waals surface area (Å²) in [5.74, 6) is 0.952. The molecule has 2 fully saturated rings. The number of hydrogen-bond donors (Lipinski definition) is 1. The zero-order valence-electron chi connectivity index (χ0n) is 13.8. The van der Waals surface area contributed by atoms with E-state index < -0.39 is 0 Å². The van der Waals surface area contributed by atoms with Gasteiger partial charge in [-0.2, -0.15) is 0 Å². The van der Waals surface area contributed by atoms with Crippen molar-refractivity contribution in [2.24, 2.45) is 5.41 Å². The summed E-state index contributed by atoms with van der Waals surface area (Å²) in [5, 5.41) is 10.5. The number of nitrogens with zero attached hydrogens (tertiary/aromatic N) is 1. The number of benzene rings is 1. The summed E-state index contributed by atoms with van der Waals surface area (Å²) in [6, 6.07) is 4.17. The van der Waals surface area contributed by atoms with Gasteiger partial charge in [0.15, 0.2) is 0 Å². The topological polar surface area (TPSA) is 49.8 Å². The van der Waals surface area contributed by atoms with E-state index in [0.29, 0.717) is 5.75 Å². The van der Waals surface area contributed by atoms with Crippen molar-refractivity contribution < 1.29 is 14.6 Å². The summed E-state index contributed by atoms with van der Waals surface area (Å²) in [6.45, 7) is 10.6. The summed E-state index contributed by atoms with van der Waals surface area (Å²) in [6.07, 6.45) is 0.954. The molecule has 0 aliphatic carbocycles. The Hall–Kier alpha value is -1.55. The minimum absolute atomic E-state index is 0.0410. The first-order chi connectivity index (χ1) is 10.4. The standard InChI is InChI=1S/C18H25NO3/c1-11(2)14-5-13(6-15(12(3)4)16(14)21)17-18(9-22-17)7-19(8-18)10-20/h5-6,10-12,17,21H,7-9H2,1-4H3. The Morgan fingerprint density at radius 3 is 2.14 bits per heavy atom. The van der Waals surface area contributed by atoms with Crippen LogP contribution in [0.2, 0.25) is 0 Å². The van der Waals surface area contributed by atoms with E-state index >= 15 is 0 Å². The maximum atomic E-state index is 10.8. The number of hydrogen-bond acceptors (Lipinski definition) is 3. The summed E-state index contributed by atoms with van der Waals surface area (Å²) in [7, 11) is 0. The highest BCUT2D eigenvalue weighted by Crippen LogP contribution is 2.53. The molecule has 2 saturated heterocycles. The van der Waals surface area contributed by atoms with Gasteiger partial charge >= 0.3 is 0 Å². The summed E-state index contributed by atoms with van der Waals surface area (Å²) < 4.78 is 5.85. The van der Waals surface area contributed by atoms with Gasteiger partial charge in [-0.25, -0.2) is 0 Å². The fourth-order valence-corrected chi connectivity index (χ4v) is 3.68. The minimum Gasteiger partial charge on any atom is -0.507 e. The highest BCUT2D eigenvalue weighted by molar-refractivity contribution is 5.51. The van der Waals surface area contributed by atoms with Gasteiger partial charge in [0, 0.05) is 13.1 Å². The van der Waals surface area contributed by atoms with E-state index in [-0.39, 0.29) is 23.4 Å². The Bertz CT molecular complexity index is 559. The monoisotopic (exact) mass is 303 g/mol. The van der Waals surface area contributed by atoms with E-state index in [2.05, 4.69) is 39.8 Å². The Labute approximate surface area is 132 Å². The molecule has 0 saturated carbocycles. The van der Waals surface area contributed by atoms with Gasteiger partial charge in [0.25, 0.3) is 0 Å². The maximum absolute atomic E-state index is 10.8. The van der Waals surface area contributed by atoms with Crippen LogP contribution in [0.5, 0.6) is 5.75 Å². The lowest BCUT2D eigenvalue weighted by molar-refractivity contribution is -0.245. The second kappa shape index (κ2) is 5.27. The molecule has 2 aliphatic heterocycles. The second-order valence-corrected chi connectivity index (χ2v) is 7.42. The van der Waals surface area contributed by atoms with Crippen molar-refractivity contribution in [3.8, 4) is 5.75 Å². The lowest BCUT2D eigenvalue weighted by Crippen LogP contribution is -2.66. The molecule has 3 rings (SSSR count). The van der Waals surface area contributed by atoms with Crippen LogP contribution in [0.3, 0.4) is 0 Å². The smallest absolute Gasteiger partial charge is 0.209 e. The number of amides is 1. The largest absolute Gasteiger partial charge is 0.507 e. The normalized spacial score (nSPS) is 22.8. The molecule has 2 heterocycles. The van der Waals surface area contributed by atoms with Crippen LogP contribution in [-0.4, -0.2) is 36.1 Å². The van der Waals surface area contributed by atoms with Crippen molar-refractivity contribution in [3.63, 3.8) is 0 Å². The number of rotatable bonds is 4. The fraction of sp³-hybridized carbons (Fsp3) is 0.611. The van der Waals surface area contributed by atoms with Gasteiger partial charge in [-0.3, -0.25) is 4.79 Å². The van der Waals surface area contributed by atoms with Crippen LogP contribution >= 0.6 is 0 Å². The zero-order valence-corrected chi connectivity index (χ0v) is 13.8. The Morgan fingerprint density at radius 1 is 1.23 bits per heavy atom. The number of ether oxygens (including phenoxy) is 1. The van der Waals surface area contributed by atoms with Crippen molar-refractivity contribution in [2.75, 3.05) is 19.7 Å². The first kappa shape index (κ1) is 15.3. The quantitative estimate of drug-likeness (QED) is 0.869. The molecule has 1 aromatic carbocycles. The van der Waals surface area contributed by atoms with E-state index in [0.717, 1.165) is 42.8 Å². The number of phenols is 1. The molecule has 120 valence electrons. The van der Waals surface area contributed by atoms with E-state index in [1.807, 2.05) is 0 Å². The van der Waals surface area contributed by atoms with Crippen LogP contribution < -0.4 is 0 Å². The number of carbonyl (C=O) groups excluding carboxylic acids is 1. The van der Waals surface area contributed by atoms with E-state index in [4.69, 9.17) is 4.74 Å².